The van der Waals surface area contributed by atoms with Crippen molar-refractivity contribution < 1.29 is 15.0 Å². The number of aliphatic carboxylic acids is 1. The number of halogens is 1. The highest BCUT2D eigenvalue weighted by atomic mass is 79.9. The molecule has 1 aliphatic heterocycles. The van der Waals surface area contributed by atoms with Gasteiger partial charge in [-0.25, -0.2) is 0 Å². The molecule has 0 radical (unpaired) electrons. The lowest BCUT2D eigenvalue weighted by atomic mass is 9.87. The molecule has 2 atom stereocenters. The average molecular weight is 328 g/mol. The van der Waals surface area contributed by atoms with Gasteiger partial charge in [-0.2, -0.15) is 0 Å². The second-order valence-electron chi connectivity index (χ2n) is 5.22. The summed E-state index contributed by atoms with van der Waals surface area (Å²) < 4.78 is 0.939. The Bertz CT molecular complexity index is 478. The van der Waals surface area contributed by atoms with Crippen molar-refractivity contribution in [2.45, 2.75) is 19.9 Å². The first-order chi connectivity index (χ1) is 8.97. The zero-order valence-corrected chi connectivity index (χ0v) is 12.4. The maximum absolute atomic E-state index is 11.1. The Morgan fingerprint density at radius 3 is 2.89 bits per heavy atom. The molecule has 1 aromatic rings. The van der Waals surface area contributed by atoms with E-state index in [2.05, 4.69) is 20.8 Å². The van der Waals surface area contributed by atoms with Crippen LogP contribution in [0.2, 0.25) is 0 Å². The highest BCUT2D eigenvalue weighted by Gasteiger charge is 2.31. The van der Waals surface area contributed by atoms with Gasteiger partial charge in [-0.05, 0) is 37.1 Å². The van der Waals surface area contributed by atoms with Crippen LogP contribution in [0.25, 0.3) is 0 Å². The molecule has 1 fully saturated rings. The third kappa shape index (κ3) is 3.48. The summed E-state index contributed by atoms with van der Waals surface area (Å²) in [5.74, 6) is -0.512. The van der Waals surface area contributed by atoms with Crippen molar-refractivity contribution in [3.63, 3.8) is 0 Å². The van der Waals surface area contributed by atoms with E-state index in [9.17, 15) is 9.90 Å². The SMILES string of the molecule is CC1CN(Cc2cc(Br)ccc2O)CCC1C(=O)O. The van der Waals surface area contributed by atoms with Crippen molar-refractivity contribution in [3.8, 4) is 5.75 Å². The largest absolute Gasteiger partial charge is 0.508 e. The molecule has 5 heteroatoms. The molecular weight excluding hydrogens is 310 g/mol. The van der Waals surface area contributed by atoms with Gasteiger partial charge in [0.2, 0.25) is 0 Å². The monoisotopic (exact) mass is 327 g/mol. The van der Waals surface area contributed by atoms with Crippen LogP contribution in [0.15, 0.2) is 22.7 Å². The van der Waals surface area contributed by atoms with E-state index in [-0.39, 0.29) is 17.6 Å². The van der Waals surface area contributed by atoms with Gasteiger partial charge < -0.3 is 10.2 Å². The normalized spacial score (nSPS) is 24.3. The summed E-state index contributed by atoms with van der Waals surface area (Å²) in [6.45, 7) is 4.14. The molecule has 1 aliphatic rings. The van der Waals surface area contributed by atoms with E-state index in [4.69, 9.17) is 5.11 Å². The van der Waals surface area contributed by atoms with Crippen molar-refractivity contribution in [2.75, 3.05) is 13.1 Å². The minimum Gasteiger partial charge on any atom is -0.508 e. The minimum atomic E-state index is -0.697. The molecule has 2 rings (SSSR count). The quantitative estimate of drug-likeness (QED) is 0.896. The van der Waals surface area contributed by atoms with Gasteiger partial charge >= 0.3 is 5.97 Å². The highest BCUT2D eigenvalue weighted by molar-refractivity contribution is 9.10. The van der Waals surface area contributed by atoms with Crippen LogP contribution in [0.1, 0.15) is 18.9 Å². The molecular formula is C14H18BrNO3. The molecule has 2 unspecified atom stereocenters. The number of hydrogen-bond acceptors (Lipinski definition) is 3. The first-order valence-electron chi connectivity index (χ1n) is 6.40. The Labute approximate surface area is 121 Å². The molecule has 1 saturated heterocycles. The summed E-state index contributed by atoms with van der Waals surface area (Å²) in [5, 5.41) is 18.9. The maximum atomic E-state index is 11.1. The lowest BCUT2D eigenvalue weighted by Gasteiger charge is -2.35. The number of carboxylic acid groups (broad SMARTS) is 1. The zero-order chi connectivity index (χ0) is 14.0. The lowest BCUT2D eigenvalue weighted by molar-refractivity contribution is -0.145. The van der Waals surface area contributed by atoms with Crippen LogP contribution in [-0.4, -0.2) is 34.2 Å². The first kappa shape index (κ1) is 14.3. The van der Waals surface area contributed by atoms with Crippen molar-refractivity contribution in [3.05, 3.63) is 28.2 Å². The number of phenolic OH excluding ortho intramolecular Hbond substituents is 1. The van der Waals surface area contributed by atoms with Crippen LogP contribution >= 0.6 is 15.9 Å². The molecule has 0 saturated carbocycles. The first-order valence-corrected chi connectivity index (χ1v) is 7.19. The van der Waals surface area contributed by atoms with Crippen molar-refractivity contribution >= 4 is 21.9 Å². The third-order valence-electron chi connectivity index (χ3n) is 3.74. The molecule has 0 bridgehead atoms. The van der Waals surface area contributed by atoms with Gasteiger partial charge in [0, 0.05) is 23.1 Å². The van der Waals surface area contributed by atoms with Crippen molar-refractivity contribution in [1.82, 2.24) is 4.90 Å². The van der Waals surface area contributed by atoms with E-state index in [1.807, 2.05) is 13.0 Å². The second kappa shape index (κ2) is 5.92. The molecule has 1 heterocycles. The highest BCUT2D eigenvalue weighted by Crippen LogP contribution is 2.28. The standard InChI is InChI=1S/C14H18BrNO3/c1-9-7-16(5-4-12(9)14(18)19)8-10-6-11(15)2-3-13(10)17/h2-3,6,9,12,17H,4-5,7-8H2,1H3,(H,18,19). The Hall–Kier alpha value is -1.07. The van der Waals surface area contributed by atoms with Gasteiger partial charge in [0.1, 0.15) is 5.75 Å². The molecule has 19 heavy (non-hydrogen) atoms. The van der Waals surface area contributed by atoms with Crippen LogP contribution in [0.3, 0.4) is 0 Å². The Kier molecular flexibility index (Phi) is 4.47. The Balaban J connectivity index is 2.02. The molecule has 0 aromatic heterocycles. The van der Waals surface area contributed by atoms with Crippen molar-refractivity contribution in [2.24, 2.45) is 11.8 Å². The fourth-order valence-electron chi connectivity index (χ4n) is 2.66. The average Bonchev–Trinajstić information content (AvgIpc) is 2.33. The number of rotatable bonds is 3. The lowest BCUT2D eigenvalue weighted by Crippen LogP contribution is -2.41. The summed E-state index contributed by atoms with van der Waals surface area (Å²) in [7, 11) is 0. The van der Waals surface area contributed by atoms with Crippen LogP contribution in [0.4, 0.5) is 0 Å². The van der Waals surface area contributed by atoms with Crippen LogP contribution in [-0.2, 0) is 11.3 Å². The molecule has 0 amide bonds. The van der Waals surface area contributed by atoms with Crippen LogP contribution < -0.4 is 0 Å². The van der Waals surface area contributed by atoms with E-state index < -0.39 is 5.97 Å². The predicted octanol–water partition coefficient (Wildman–Crippen LogP) is 2.70. The van der Waals surface area contributed by atoms with Crippen LogP contribution in [0.5, 0.6) is 5.75 Å². The molecule has 0 aliphatic carbocycles. The number of carbonyl (C=O) groups is 1. The van der Waals surface area contributed by atoms with Crippen molar-refractivity contribution in [1.29, 1.82) is 0 Å². The van der Waals surface area contributed by atoms with Gasteiger partial charge in [0.25, 0.3) is 0 Å². The van der Waals surface area contributed by atoms with E-state index in [0.717, 1.165) is 23.1 Å². The smallest absolute Gasteiger partial charge is 0.306 e. The van der Waals surface area contributed by atoms with Gasteiger partial charge in [0.05, 0.1) is 5.92 Å². The molecule has 4 nitrogen and oxygen atoms in total. The van der Waals surface area contributed by atoms with Gasteiger partial charge in [0.15, 0.2) is 0 Å². The van der Waals surface area contributed by atoms with E-state index in [1.165, 1.54) is 0 Å². The van der Waals surface area contributed by atoms with E-state index in [0.29, 0.717) is 13.0 Å². The van der Waals surface area contributed by atoms with Gasteiger partial charge in [-0.3, -0.25) is 9.69 Å². The number of aromatic hydroxyl groups is 1. The predicted molar refractivity (Wildman–Crippen MR) is 76.0 cm³/mol. The zero-order valence-electron chi connectivity index (χ0n) is 10.8. The number of piperidine rings is 1. The molecule has 1 aromatic carbocycles. The fourth-order valence-corrected chi connectivity index (χ4v) is 3.07. The summed E-state index contributed by atoms with van der Waals surface area (Å²) in [5.41, 5.74) is 0.871. The van der Waals surface area contributed by atoms with Gasteiger partial charge in [-0.15, -0.1) is 0 Å². The Morgan fingerprint density at radius 1 is 1.53 bits per heavy atom. The number of phenols is 1. The summed E-state index contributed by atoms with van der Waals surface area (Å²) in [6, 6.07) is 5.38. The fraction of sp³-hybridized carbons (Fsp3) is 0.500. The summed E-state index contributed by atoms with van der Waals surface area (Å²) in [6.07, 6.45) is 0.672. The number of carboxylic acids is 1. The number of likely N-dealkylation sites (tertiary alicyclic amines) is 1. The van der Waals surface area contributed by atoms with Crippen LogP contribution in [0, 0.1) is 11.8 Å². The third-order valence-corrected chi connectivity index (χ3v) is 4.24. The number of nitrogens with zero attached hydrogens (tertiary/aromatic N) is 1. The number of hydrogen-bond donors (Lipinski definition) is 2. The topological polar surface area (TPSA) is 60.8 Å². The molecule has 0 spiro atoms. The number of benzene rings is 1. The van der Waals surface area contributed by atoms with Gasteiger partial charge in [-0.1, -0.05) is 22.9 Å². The minimum absolute atomic E-state index is 0.139. The van der Waals surface area contributed by atoms with E-state index in [1.54, 1.807) is 12.1 Å². The summed E-state index contributed by atoms with van der Waals surface area (Å²) >= 11 is 3.39. The molecule has 104 valence electrons. The van der Waals surface area contributed by atoms with E-state index >= 15 is 0 Å². The molecule has 2 N–H and O–H groups in total. The summed E-state index contributed by atoms with van der Waals surface area (Å²) in [4.78, 5) is 13.3. The second-order valence-corrected chi connectivity index (χ2v) is 6.13. The maximum Gasteiger partial charge on any atom is 0.306 e. The Morgan fingerprint density at radius 2 is 2.26 bits per heavy atom.